The van der Waals surface area contributed by atoms with E-state index in [-0.39, 0.29) is 24.0 Å². The third-order valence-corrected chi connectivity index (χ3v) is 5.39. The van der Waals surface area contributed by atoms with Gasteiger partial charge in [-0.15, -0.1) is 24.0 Å². The minimum absolute atomic E-state index is 0. The number of aliphatic imine (C=N–C) groups is 1. The van der Waals surface area contributed by atoms with Crippen LogP contribution in [-0.2, 0) is 6.42 Å². The van der Waals surface area contributed by atoms with E-state index in [2.05, 4.69) is 44.0 Å². The first-order chi connectivity index (χ1) is 12.3. The number of guanidine groups is 1. The topological polar surface area (TPSA) is 91.1 Å². The van der Waals surface area contributed by atoms with E-state index < -0.39 is 0 Å². The zero-order valence-corrected chi connectivity index (χ0v) is 18.3. The molecule has 2 heterocycles. The number of thioether (sulfide) groups is 1. The second-order valence-electron chi connectivity index (χ2n) is 6.11. The maximum Gasteiger partial charge on any atom is 0.216 e. The zero-order valence-electron chi connectivity index (χ0n) is 15.2. The van der Waals surface area contributed by atoms with E-state index in [0.29, 0.717) is 30.6 Å². The average Bonchev–Trinajstić information content (AvgIpc) is 3.36. The third kappa shape index (κ3) is 5.90. The van der Waals surface area contributed by atoms with Crippen LogP contribution in [0.15, 0.2) is 27.8 Å². The zero-order chi connectivity index (χ0) is 17.5. The van der Waals surface area contributed by atoms with Crippen LogP contribution in [0.25, 0.3) is 11.6 Å². The summed E-state index contributed by atoms with van der Waals surface area (Å²) in [6.45, 7) is 3.60. The Morgan fingerprint density at radius 1 is 1.46 bits per heavy atom. The SMILES string of the molecule is CCNC(=NCCc1nc(-c2ccco2)n[nH]1)NC1CCC(SC)C1.I. The smallest absolute Gasteiger partial charge is 0.216 e. The molecule has 26 heavy (non-hydrogen) atoms. The highest BCUT2D eigenvalue weighted by molar-refractivity contribution is 14.0. The van der Waals surface area contributed by atoms with E-state index in [1.54, 1.807) is 6.26 Å². The van der Waals surface area contributed by atoms with E-state index in [1.807, 2.05) is 23.9 Å². The van der Waals surface area contributed by atoms with Crippen molar-refractivity contribution < 1.29 is 4.42 Å². The Morgan fingerprint density at radius 3 is 3.04 bits per heavy atom. The molecule has 1 aliphatic carbocycles. The molecule has 0 spiro atoms. The van der Waals surface area contributed by atoms with Gasteiger partial charge in [-0.25, -0.2) is 4.98 Å². The van der Waals surface area contributed by atoms with Crippen LogP contribution in [0, 0.1) is 0 Å². The number of rotatable bonds is 7. The molecule has 9 heteroatoms. The van der Waals surface area contributed by atoms with E-state index >= 15 is 0 Å². The number of furan rings is 1. The number of aromatic amines is 1. The van der Waals surface area contributed by atoms with Gasteiger partial charge in [0.2, 0.25) is 5.82 Å². The quantitative estimate of drug-likeness (QED) is 0.314. The molecule has 0 bridgehead atoms. The Morgan fingerprint density at radius 2 is 2.35 bits per heavy atom. The number of aromatic nitrogens is 3. The minimum Gasteiger partial charge on any atom is -0.461 e. The third-order valence-electron chi connectivity index (χ3n) is 4.29. The summed E-state index contributed by atoms with van der Waals surface area (Å²) < 4.78 is 5.31. The largest absolute Gasteiger partial charge is 0.461 e. The van der Waals surface area contributed by atoms with Crippen LogP contribution in [0.1, 0.15) is 32.0 Å². The van der Waals surface area contributed by atoms with Gasteiger partial charge in [-0.05, 0) is 44.6 Å². The average molecular weight is 490 g/mol. The first-order valence-corrected chi connectivity index (χ1v) is 10.1. The lowest BCUT2D eigenvalue weighted by Gasteiger charge is -2.17. The van der Waals surface area contributed by atoms with Crippen molar-refractivity contribution in [2.24, 2.45) is 4.99 Å². The molecular formula is C17H27IN6OS. The van der Waals surface area contributed by atoms with Crippen molar-refractivity contribution in [1.82, 2.24) is 25.8 Å². The van der Waals surface area contributed by atoms with E-state index in [4.69, 9.17) is 4.42 Å². The van der Waals surface area contributed by atoms with Gasteiger partial charge in [0, 0.05) is 30.8 Å². The summed E-state index contributed by atoms with van der Waals surface area (Å²) in [4.78, 5) is 9.12. The van der Waals surface area contributed by atoms with Crippen LogP contribution in [0.2, 0.25) is 0 Å². The molecule has 144 valence electrons. The molecular weight excluding hydrogens is 463 g/mol. The Balaban J connectivity index is 0.00000243. The van der Waals surface area contributed by atoms with Gasteiger partial charge in [0.25, 0.3) is 0 Å². The normalized spacial score (nSPS) is 20.0. The van der Waals surface area contributed by atoms with Crippen LogP contribution in [0.5, 0.6) is 0 Å². The summed E-state index contributed by atoms with van der Waals surface area (Å²) >= 11 is 1.97. The molecule has 2 aromatic rings. The van der Waals surface area contributed by atoms with Crippen molar-refractivity contribution in [2.45, 2.75) is 43.9 Å². The van der Waals surface area contributed by atoms with Gasteiger partial charge in [0.15, 0.2) is 11.7 Å². The highest BCUT2D eigenvalue weighted by Crippen LogP contribution is 2.28. The highest BCUT2D eigenvalue weighted by Gasteiger charge is 2.24. The van der Waals surface area contributed by atoms with Crippen molar-refractivity contribution in [2.75, 3.05) is 19.3 Å². The molecule has 2 atom stereocenters. The maximum atomic E-state index is 5.31. The highest BCUT2D eigenvalue weighted by atomic mass is 127. The molecule has 2 unspecified atom stereocenters. The number of hydrogen-bond acceptors (Lipinski definition) is 5. The van der Waals surface area contributed by atoms with Gasteiger partial charge in [-0.2, -0.15) is 16.9 Å². The van der Waals surface area contributed by atoms with E-state index in [1.165, 1.54) is 19.3 Å². The van der Waals surface area contributed by atoms with Gasteiger partial charge in [0.1, 0.15) is 5.82 Å². The van der Waals surface area contributed by atoms with Crippen LogP contribution < -0.4 is 10.6 Å². The van der Waals surface area contributed by atoms with Gasteiger partial charge in [-0.1, -0.05) is 0 Å². The summed E-state index contributed by atoms with van der Waals surface area (Å²) in [6.07, 6.45) is 8.23. The van der Waals surface area contributed by atoms with Gasteiger partial charge < -0.3 is 15.1 Å². The van der Waals surface area contributed by atoms with Crippen molar-refractivity contribution in [3.63, 3.8) is 0 Å². The lowest BCUT2D eigenvalue weighted by Crippen LogP contribution is -2.42. The molecule has 0 saturated heterocycles. The van der Waals surface area contributed by atoms with Crippen molar-refractivity contribution in [1.29, 1.82) is 0 Å². The van der Waals surface area contributed by atoms with E-state index in [0.717, 1.165) is 23.6 Å². The summed E-state index contributed by atoms with van der Waals surface area (Å²) in [7, 11) is 0. The fraction of sp³-hybridized carbons (Fsp3) is 0.588. The molecule has 1 fully saturated rings. The number of hydrogen-bond donors (Lipinski definition) is 3. The monoisotopic (exact) mass is 490 g/mol. The number of nitrogens with zero attached hydrogens (tertiary/aromatic N) is 3. The molecule has 1 saturated carbocycles. The Hall–Kier alpha value is -1.23. The molecule has 3 N–H and O–H groups in total. The fourth-order valence-corrected chi connectivity index (χ4v) is 3.79. The van der Waals surface area contributed by atoms with Gasteiger partial charge in [0.05, 0.1) is 6.26 Å². The van der Waals surface area contributed by atoms with Crippen molar-refractivity contribution in [3.05, 3.63) is 24.2 Å². The van der Waals surface area contributed by atoms with Crippen LogP contribution >= 0.6 is 35.7 Å². The fourth-order valence-electron chi connectivity index (χ4n) is 3.00. The van der Waals surface area contributed by atoms with Crippen LogP contribution in [0.4, 0.5) is 0 Å². The summed E-state index contributed by atoms with van der Waals surface area (Å²) in [5.41, 5.74) is 0. The molecule has 0 aliphatic heterocycles. The number of nitrogens with one attached hydrogen (secondary N) is 3. The Labute approximate surface area is 175 Å². The molecule has 0 amide bonds. The lowest BCUT2D eigenvalue weighted by atomic mass is 10.2. The number of halogens is 1. The predicted molar refractivity (Wildman–Crippen MR) is 117 cm³/mol. The Bertz CT molecular complexity index is 675. The second-order valence-corrected chi connectivity index (χ2v) is 7.24. The Kier molecular flexibility index (Phi) is 8.76. The van der Waals surface area contributed by atoms with Crippen molar-refractivity contribution >= 4 is 41.7 Å². The molecule has 0 aromatic carbocycles. The summed E-state index contributed by atoms with van der Waals surface area (Å²) in [6, 6.07) is 4.20. The second kappa shape index (κ2) is 10.8. The molecule has 2 aromatic heterocycles. The number of H-pyrrole nitrogens is 1. The first-order valence-electron chi connectivity index (χ1n) is 8.81. The molecule has 7 nitrogen and oxygen atoms in total. The lowest BCUT2D eigenvalue weighted by molar-refractivity contribution is 0.577. The standard InChI is InChI=1S/C17H26N6OS.HI/c1-3-18-17(20-12-6-7-13(11-12)25-2)19-9-8-15-21-16(23-22-15)14-5-4-10-24-14;/h4-5,10,12-13H,3,6-9,11H2,1-2H3,(H2,18,19,20)(H,21,22,23);1H. The molecule has 0 radical (unpaired) electrons. The van der Waals surface area contributed by atoms with E-state index in [9.17, 15) is 0 Å². The molecule has 3 rings (SSSR count). The maximum absolute atomic E-state index is 5.31. The summed E-state index contributed by atoms with van der Waals surface area (Å²) in [5.74, 6) is 2.96. The predicted octanol–water partition coefficient (Wildman–Crippen LogP) is 3.06. The minimum atomic E-state index is 0. The van der Waals surface area contributed by atoms with Crippen LogP contribution in [0.3, 0.4) is 0 Å². The van der Waals surface area contributed by atoms with Crippen molar-refractivity contribution in [3.8, 4) is 11.6 Å². The first kappa shape index (κ1) is 21.1. The molecule has 1 aliphatic rings. The van der Waals surface area contributed by atoms with Gasteiger partial charge in [-0.3, -0.25) is 10.1 Å². The summed E-state index contributed by atoms with van der Waals surface area (Å²) in [5, 5.41) is 14.8. The van der Waals surface area contributed by atoms with Crippen LogP contribution in [-0.4, -0.2) is 51.8 Å². The van der Waals surface area contributed by atoms with Gasteiger partial charge >= 0.3 is 0 Å².